The minimum Gasteiger partial charge on any atom is -0.480 e. The van der Waals surface area contributed by atoms with E-state index in [9.17, 15) is 18.0 Å². The van der Waals surface area contributed by atoms with Crippen LogP contribution < -0.4 is 4.90 Å². The van der Waals surface area contributed by atoms with Gasteiger partial charge in [-0.15, -0.1) is 0 Å². The molecule has 1 amide bonds. The lowest BCUT2D eigenvalue weighted by molar-refractivity contribution is -0.143. The van der Waals surface area contributed by atoms with Crippen LogP contribution in [0.5, 0.6) is 0 Å². The van der Waals surface area contributed by atoms with Gasteiger partial charge in [0.15, 0.2) is 15.0 Å². The fraction of sp³-hybridized carbons (Fsp3) is 0.500. The summed E-state index contributed by atoms with van der Waals surface area (Å²) in [7, 11) is -3.14. The van der Waals surface area contributed by atoms with Crippen molar-refractivity contribution in [2.24, 2.45) is 4.99 Å². The summed E-state index contributed by atoms with van der Waals surface area (Å²) in [6.07, 6.45) is 0. The second kappa shape index (κ2) is 8.22. The maximum absolute atomic E-state index is 12.1. The normalized spacial score (nSPS) is 24.7. The minimum atomic E-state index is -3.14. The van der Waals surface area contributed by atoms with Gasteiger partial charge in [0.1, 0.15) is 13.2 Å². The van der Waals surface area contributed by atoms with Crippen molar-refractivity contribution >= 4 is 44.3 Å². The number of thioether (sulfide) groups is 1. The fourth-order valence-corrected chi connectivity index (χ4v) is 7.18. The van der Waals surface area contributed by atoms with Crippen molar-refractivity contribution in [1.82, 2.24) is 0 Å². The molecule has 2 atom stereocenters. The molecule has 2 heterocycles. The Hall–Kier alpha value is -1.91. The Morgan fingerprint density at radius 3 is 2.54 bits per heavy atom. The smallest absolute Gasteiger partial charge is 0.329 e. The highest BCUT2D eigenvalue weighted by Crippen LogP contribution is 2.41. The molecule has 0 bridgehead atoms. The lowest BCUT2D eigenvalue weighted by Crippen LogP contribution is -2.37. The van der Waals surface area contributed by atoms with Crippen molar-refractivity contribution in [2.75, 3.05) is 29.6 Å². The maximum Gasteiger partial charge on any atom is 0.329 e. The number of hydrogen-bond donors (Lipinski definition) is 1. The predicted octanol–water partition coefficient (Wildman–Crippen LogP) is 1.51. The number of ether oxygens (including phenoxy) is 1. The van der Waals surface area contributed by atoms with Gasteiger partial charge in [-0.2, -0.15) is 4.99 Å². The third-order valence-electron chi connectivity index (χ3n) is 4.58. The van der Waals surface area contributed by atoms with Crippen molar-refractivity contribution in [3.63, 3.8) is 0 Å². The molecular weight excluding hydrogens is 404 g/mol. The second-order valence-corrected chi connectivity index (χ2v) is 10.5. The van der Waals surface area contributed by atoms with Gasteiger partial charge in [0.05, 0.1) is 17.5 Å². The van der Waals surface area contributed by atoms with Crippen LogP contribution in [0.3, 0.4) is 0 Å². The highest BCUT2D eigenvalue weighted by molar-refractivity contribution is 8.16. The summed E-state index contributed by atoms with van der Waals surface area (Å²) in [6, 6.07) is 7.49. The van der Waals surface area contributed by atoms with Gasteiger partial charge in [0.25, 0.3) is 5.91 Å². The van der Waals surface area contributed by atoms with Crippen molar-refractivity contribution in [2.45, 2.75) is 31.1 Å². The zero-order valence-corrected chi connectivity index (χ0v) is 17.2. The number of aliphatic carboxylic acids is 1. The monoisotopic (exact) mass is 426 g/mol. The number of aliphatic imine (C=N–C) groups is 1. The molecule has 8 nitrogen and oxygen atoms in total. The van der Waals surface area contributed by atoms with E-state index >= 15 is 0 Å². The second-order valence-electron chi connectivity index (χ2n) is 7.09. The number of fused-ring (bicyclic) bond motifs is 1. The molecular formula is C18H22N2O6S2. The number of amidine groups is 1. The molecule has 1 aromatic rings. The molecule has 3 rings (SSSR count). The predicted molar refractivity (Wildman–Crippen MR) is 108 cm³/mol. The van der Waals surface area contributed by atoms with Crippen molar-refractivity contribution in [3.05, 3.63) is 29.8 Å². The highest BCUT2D eigenvalue weighted by Gasteiger charge is 2.49. The fourth-order valence-electron chi connectivity index (χ4n) is 3.25. The maximum atomic E-state index is 12.1. The number of hydrogen-bond acceptors (Lipinski definition) is 6. The molecule has 2 saturated heterocycles. The van der Waals surface area contributed by atoms with E-state index < -0.39 is 34.9 Å². The molecule has 0 radical (unpaired) electrons. The van der Waals surface area contributed by atoms with E-state index in [1.807, 2.05) is 24.3 Å². The van der Waals surface area contributed by atoms with Gasteiger partial charge in [0, 0.05) is 10.9 Å². The molecule has 2 fully saturated rings. The van der Waals surface area contributed by atoms with E-state index in [1.165, 1.54) is 11.8 Å². The Balaban J connectivity index is 1.85. The Morgan fingerprint density at radius 1 is 1.25 bits per heavy atom. The van der Waals surface area contributed by atoms with Gasteiger partial charge in [-0.3, -0.25) is 4.79 Å². The Morgan fingerprint density at radius 2 is 1.93 bits per heavy atom. The Kier molecular flexibility index (Phi) is 6.11. The third-order valence-corrected chi connectivity index (χ3v) is 7.79. The first-order chi connectivity index (χ1) is 13.2. The van der Waals surface area contributed by atoms with Crippen LogP contribution >= 0.6 is 11.8 Å². The number of nitrogens with zero attached hydrogens (tertiary/aromatic N) is 2. The number of carbonyl (C=O) groups excluding carboxylic acids is 1. The molecule has 0 aliphatic carbocycles. The molecule has 2 aliphatic heterocycles. The first-order valence-corrected chi connectivity index (χ1v) is 11.5. The standard InChI is InChI=1S/C18H22N2O6S2/c1-11(2)12-3-5-13(6-4-12)20-14-9-28(24,25)10-15(14)27-18(20)19-16(21)7-26-8-17(22)23/h3-6,11,14-15H,7-10H2,1-2H3,(H,22,23)/t14-,15-/m0/s1. The number of amides is 1. The summed E-state index contributed by atoms with van der Waals surface area (Å²) in [5, 5.41) is 8.81. The first kappa shape index (κ1) is 20.8. The highest BCUT2D eigenvalue weighted by atomic mass is 32.2. The van der Waals surface area contributed by atoms with Gasteiger partial charge >= 0.3 is 5.97 Å². The first-order valence-electron chi connectivity index (χ1n) is 8.83. The summed E-state index contributed by atoms with van der Waals surface area (Å²) >= 11 is 1.27. The molecule has 10 heteroatoms. The number of benzene rings is 1. The van der Waals surface area contributed by atoms with Gasteiger partial charge < -0.3 is 14.7 Å². The van der Waals surface area contributed by atoms with E-state index in [-0.39, 0.29) is 22.8 Å². The molecule has 0 aromatic heterocycles. The van der Waals surface area contributed by atoms with E-state index in [2.05, 4.69) is 18.8 Å². The summed E-state index contributed by atoms with van der Waals surface area (Å²) in [5.41, 5.74) is 1.93. The van der Waals surface area contributed by atoms with Crippen LogP contribution in [0.15, 0.2) is 29.3 Å². The number of rotatable bonds is 6. The SMILES string of the molecule is CC(C)c1ccc(N2C(=NC(=O)COCC(=O)O)S[C@H]3CS(=O)(=O)C[C@@H]32)cc1. The molecule has 28 heavy (non-hydrogen) atoms. The lowest BCUT2D eigenvalue weighted by atomic mass is 10.0. The Bertz CT molecular complexity index is 895. The number of carbonyl (C=O) groups is 2. The molecule has 0 saturated carbocycles. The minimum absolute atomic E-state index is 0.0132. The number of sulfone groups is 1. The average Bonchev–Trinajstić information content (AvgIpc) is 3.05. The molecule has 0 spiro atoms. The van der Waals surface area contributed by atoms with Crippen LogP contribution in [-0.4, -0.2) is 66.6 Å². The molecule has 2 aliphatic rings. The number of carboxylic acid groups (broad SMARTS) is 1. The van der Waals surface area contributed by atoms with Crippen LogP contribution in [0.1, 0.15) is 25.3 Å². The summed E-state index contributed by atoms with van der Waals surface area (Å²) < 4.78 is 28.9. The van der Waals surface area contributed by atoms with Crippen molar-refractivity contribution in [1.29, 1.82) is 0 Å². The largest absolute Gasteiger partial charge is 0.480 e. The molecule has 152 valence electrons. The van der Waals surface area contributed by atoms with Crippen LogP contribution in [0.2, 0.25) is 0 Å². The van der Waals surface area contributed by atoms with E-state index in [1.54, 1.807) is 4.90 Å². The summed E-state index contributed by atoms with van der Waals surface area (Å²) in [5.74, 6) is -1.34. The molecule has 1 N–H and O–H groups in total. The van der Waals surface area contributed by atoms with Crippen molar-refractivity contribution in [3.8, 4) is 0 Å². The molecule has 0 unspecified atom stereocenters. The van der Waals surface area contributed by atoms with Crippen LogP contribution in [-0.2, 0) is 24.2 Å². The summed E-state index contributed by atoms with van der Waals surface area (Å²) in [4.78, 5) is 28.5. The summed E-state index contributed by atoms with van der Waals surface area (Å²) in [6.45, 7) is 3.16. The average molecular weight is 427 g/mol. The topological polar surface area (TPSA) is 113 Å². The third kappa shape index (κ3) is 4.73. The zero-order chi connectivity index (χ0) is 20.5. The van der Waals surface area contributed by atoms with Crippen molar-refractivity contribution < 1.29 is 27.9 Å². The van der Waals surface area contributed by atoms with E-state index in [4.69, 9.17) is 9.84 Å². The van der Waals surface area contributed by atoms with Gasteiger partial charge in [-0.05, 0) is 23.6 Å². The van der Waals surface area contributed by atoms with Gasteiger partial charge in [-0.25, -0.2) is 13.2 Å². The Labute approximate surface area is 167 Å². The van der Waals surface area contributed by atoms with Crippen LogP contribution in [0.4, 0.5) is 5.69 Å². The number of anilines is 1. The zero-order valence-electron chi connectivity index (χ0n) is 15.6. The van der Waals surface area contributed by atoms with E-state index in [0.717, 1.165) is 11.3 Å². The molecule has 1 aromatic carbocycles. The lowest BCUT2D eigenvalue weighted by Gasteiger charge is -2.25. The number of carboxylic acids is 1. The van der Waals surface area contributed by atoms with Crippen LogP contribution in [0.25, 0.3) is 0 Å². The van der Waals surface area contributed by atoms with Gasteiger partial charge in [-0.1, -0.05) is 37.7 Å². The van der Waals surface area contributed by atoms with E-state index in [0.29, 0.717) is 11.1 Å². The quantitative estimate of drug-likeness (QED) is 0.728. The van der Waals surface area contributed by atoms with Crippen LogP contribution in [0, 0.1) is 0 Å². The van der Waals surface area contributed by atoms with Gasteiger partial charge in [0.2, 0.25) is 0 Å².